The fourth-order valence-corrected chi connectivity index (χ4v) is 2.08. The molecule has 0 fully saturated rings. The number of aromatic hydroxyl groups is 1. The Morgan fingerprint density at radius 1 is 1.08 bits per heavy atom. The minimum atomic E-state index is -0.683. The smallest absolute Gasteiger partial charge is 0.342 e. The second kappa shape index (κ2) is 8.02. The number of hydrogen-bond donors (Lipinski definition) is 1. The maximum absolute atomic E-state index is 11.9. The molecule has 0 atom stereocenters. The number of aromatic nitrogens is 2. The SMILES string of the molecule is COc1ccc(OCc2noc(COC(=O)c3ccccc3O)n2)cc1. The van der Waals surface area contributed by atoms with Crippen LogP contribution in [0.25, 0.3) is 0 Å². The van der Waals surface area contributed by atoms with Crippen molar-refractivity contribution in [2.24, 2.45) is 0 Å². The van der Waals surface area contributed by atoms with E-state index in [2.05, 4.69) is 10.1 Å². The molecule has 1 heterocycles. The summed E-state index contributed by atoms with van der Waals surface area (Å²) in [5.41, 5.74) is 0.0649. The minimum Gasteiger partial charge on any atom is -0.507 e. The van der Waals surface area contributed by atoms with Crippen molar-refractivity contribution < 1.29 is 28.6 Å². The number of phenolic OH excluding ortho intramolecular Hbond substituents is 1. The van der Waals surface area contributed by atoms with Crippen molar-refractivity contribution in [3.63, 3.8) is 0 Å². The maximum Gasteiger partial charge on any atom is 0.342 e. The molecule has 26 heavy (non-hydrogen) atoms. The van der Waals surface area contributed by atoms with Crippen molar-refractivity contribution in [1.82, 2.24) is 10.1 Å². The molecular weight excluding hydrogens is 340 g/mol. The lowest BCUT2D eigenvalue weighted by molar-refractivity contribution is 0.0426. The van der Waals surface area contributed by atoms with Gasteiger partial charge in [-0.05, 0) is 36.4 Å². The molecule has 0 aliphatic carbocycles. The maximum atomic E-state index is 11.9. The van der Waals surface area contributed by atoms with Gasteiger partial charge in [0.25, 0.3) is 5.89 Å². The molecule has 2 aromatic carbocycles. The third kappa shape index (κ3) is 4.29. The summed E-state index contributed by atoms with van der Waals surface area (Å²) in [7, 11) is 1.59. The van der Waals surface area contributed by atoms with Crippen LogP contribution >= 0.6 is 0 Å². The molecule has 134 valence electrons. The monoisotopic (exact) mass is 356 g/mol. The molecule has 8 nitrogen and oxygen atoms in total. The van der Waals surface area contributed by atoms with Crippen LogP contribution in [-0.4, -0.2) is 28.3 Å². The molecule has 1 aromatic heterocycles. The second-order valence-corrected chi connectivity index (χ2v) is 5.16. The number of ether oxygens (including phenoxy) is 3. The Hall–Kier alpha value is -3.55. The van der Waals surface area contributed by atoms with Gasteiger partial charge in [0.2, 0.25) is 5.82 Å². The van der Waals surface area contributed by atoms with Crippen LogP contribution < -0.4 is 9.47 Å². The molecule has 1 N–H and O–H groups in total. The van der Waals surface area contributed by atoms with Crippen molar-refractivity contribution in [2.75, 3.05) is 7.11 Å². The first-order valence-electron chi connectivity index (χ1n) is 7.69. The quantitative estimate of drug-likeness (QED) is 0.645. The topological polar surface area (TPSA) is 104 Å². The molecule has 0 radical (unpaired) electrons. The molecule has 0 aliphatic heterocycles. The molecule has 3 aromatic rings. The van der Waals surface area contributed by atoms with Crippen LogP contribution in [0.1, 0.15) is 22.1 Å². The largest absolute Gasteiger partial charge is 0.507 e. The molecule has 3 rings (SSSR count). The fourth-order valence-electron chi connectivity index (χ4n) is 2.08. The number of esters is 1. The Bertz CT molecular complexity index is 875. The van der Waals surface area contributed by atoms with E-state index in [-0.39, 0.29) is 30.4 Å². The van der Waals surface area contributed by atoms with Crippen molar-refractivity contribution in [1.29, 1.82) is 0 Å². The van der Waals surface area contributed by atoms with Gasteiger partial charge in [-0.2, -0.15) is 4.98 Å². The predicted octanol–water partition coefficient (Wildman–Crippen LogP) is 2.72. The normalized spacial score (nSPS) is 10.3. The molecule has 0 amide bonds. The summed E-state index contributed by atoms with van der Waals surface area (Å²) < 4.78 is 20.7. The molecule has 0 aliphatic rings. The third-order valence-electron chi connectivity index (χ3n) is 3.39. The van der Waals surface area contributed by atoms with Crippen molar-refractivity contribution in [3.8, 4) is 17.2 Å². The molecular formula is C18H16N2O6. The zero-order valence-corrected chi connectivity index (χ0v) is 13.9. The van der Waals surface area contributed by atoms with E-state index in [1.54, 1.807) is 43.5 Å². The van der Waals surface area contributed by atoms with Gasteiger partial charge in [-0.15, -0.1) is 0 Å². The molecule has 0 unspecified atom stereocenters. The van der Waals surface area contributed by atoms with E-state index in [1.807, 2.05) is 0 Å². The lowest BCUT2D eigenvalue weighted by Crippen LogP contribution is -2.06. The number of methoxy groups -OCH3 is 1. The Kier molecular flexibility index (Phi) is 5.33. The summed E-state index contributed by atoms with van der Waals surface area (Å²) in [4.78, 5) is 16.0. The lowest BCUT2D eigenvalue weighted by atomic mass is 10.2. The third-order valence-corrected chi connectivity index (χ3v) is 3.39. The van der Waals surface area contributed by atoms with E-state index >= 15 is 0 Å². The number of nitrogens with zero attached hydrogens (tertiary/aromatic N) is 2. The van der Waals surface area contributed by atoms with E-state index in [9.17, 15) is 9.90 Å². The highest BCUT2D eigenvalue weighted by Gasteiger charge is 2.14. The first-order valence-corrected chi connectivity index (χ1v) is 7.69. The van der Waals surface area contributed by atoms with Crippen molar-refractivity contribution >= 4 is 5.97 Å². The predicted molar refractivity (Wildman–Crippen MR) is 88.9 cm³/mol. The number of carbonyl (C=O) groups is 1. The second-order valence-electron chi connectivity index (χ2n) is 5.16. The van der Waals surface area contributed by atoms with Crippen LogP contribution in [0.3, 0.4) is 0 Å². The van der Waals surface area contributed by atoms with E-state index in [1.165, 1.54) is 12.1 Å². The van der Waals surface area contributed by atoms with Gasteiger partial charge in [0.15, 0.2) is 13.2 Å². The number of benzene rings is 2. The van der Waals surface area contributed by atoms with E-state index in [4.69, 9.17) is 18.7 Å². The Morgan fingerprint density at radius 2 is 1.81 bits per heavy atom. The first kappa shape index (κ1) is 17.3. The Labute approximate surface area is 148 Å². The van der Waals surface area contributed by atoms with Gasteiger partial charge in [-0.25, -0.2) is 4.79 Å². The van der Waals surface area contributed by atoms with Crippen LogP contribution in [0.5, 0.6) is 17.2 Å². The summed E-state index contributed by atoms with van der Waals surface area (Å²) in [6.45, 7) is -0.105. The van der Waals surface area contributed by atoms with Crippen LogP contribution in [0.4, 0.5) is 0 Å². The highest BCUT2D eigenvalue weighted by Crippen LogP contribution is 2.18. The molecule has 0 saturated carbocycles. The molecule has 8 heteroatoms. The lowest BCUT2D eigenvalue weighted by Gasteiger charge is -2.04. The van der Waals surface area contributed by atoms with Gasteiger partial charge in [0.05, 0.1) is 7.11 Å². The molecule has 0 saturated heterocycles. The van der Waals surface area contributed by atoms with Gasteiger partial charge in [0, 0.05) is 0 Å². The number of para-hydroxylation sites is 1. The van der Waals surface area contributed by atoms with Crippen LogP contribution in [0, 0.1) is 0 Å². The standard InChI is InChI=1S/C18H16N2O6/c1-23-12-6-8-13(9-7-12)24-10-16-19-17(26-20-16)11-25-18(22)14-4-2-3-5-15(14)21/h2-9,21H,10-11H2,1H3. The average Bonchev–Trinajstić information content (AvgIpc) is 3.13. The van der Waals surface area contributed by atoms with Gasteiger partial charge in [0.1, 0.15) is 22.8 Å². The summed E-state index contributed by atoms with van der Waals surface area (Å²) >= 11 is 0. The van der Waals surface area contributed by atoms with Crippen molar-refractivity contribution in [3.05, 3.63) is 65.8 Å². The van der Waals surface area contributed by atoms with E-state index < -0.39 is 5.97 Å². The van der Waals surface area contributed by atoms with Gasteiger partial charge in [-0.1, -0.05) is 17.3 Å². The van der Waals surface area contributed by atoms with Crippen molar-refractivity contribution in [2.45, 2.75) is 13.2 Å². The number of carbonyl (C=O) groups excluding carboxylic acids is 1. The molecule has 0 bridgehead atoms. The van der Waals surface area contributed by atoms with Gasteiger partial charge < -0.3 is 23.8 Å². The Balaban J connectivity index is 1.51. The number of phenols is 1. The van der Waals surface area contributed by atoms with E-state index in [0.29, 0.717) is 11.6 Å². The summed E-state index contributed by atoms with van der Waals surface area (Å²) in [5.74, 6) is 0.957. The number of hydrogen-bond acceptors (Lipinski definition) is 8. The van der Waals surface area contributed by atoms with Crippen LogP contribution in [0.15, 0.2) is 53.1 Å². The van der Waals surface area contributed by atoms with Gasteiger partial charge >= 0.3 is 5.97 Å². The average molecular weight is 356 g/mol. The zero-order valence-electron chi connectivity index (χ0n) is 13.9. The number of rotatable bonds is 7. The highest BCUT2D eigenvalue weighted by atomic mass is 16.6. The van der Waals surface area contributed by atoms with Gasteiger partial charge in [-0.3, -0.25) is 0 Å². The minimum absolute atomic E-state index is 0.0649. The molecule has 0 spiro atoms. The van der Waals surface area contributed by atoms with Crippen LogP contribution in [-0.2, 0) is 18.0 Å². The Morgan fingerprint density at radius 3 is 2.54 bits per heavy atom. The first-order chi connectivity index (χ1) is 12.7. The van der Waals surface area contributed by atoms with Crippen LogP contribution in [0.2, 0.25) is 0 Å². The summed E-state index contributed by atoms with van der Waals surface area (Å²) in [6, 6.07) is 13.2. The van der Waals surface area contributed by atoms with E-state index in [0.717, 1.165) is 5.75 Å². The highest BCUT2D eigenvalue weighted by molar-refractivity contribution is 5.92. The zero-order chi connectivity index (χ0) is 18.4. The summed E-state index contributed by atoms with van der Waals surface area (Å²) in [6.07, 6.45) is 0. The summed E-state index contributed by atoms with van der Waals surface area (Å²) in [5, 5.41) is 13.4. The fraction of sp³-hybridized carbons (Fsp3) is 0.167.